The molecule has 1 aliphatic carbocycles. The first kappa shape index (κ1) is 24.4. The summed E-state index contributed by atoms with van der Waals surface area (Å²) < 4.78 is 41.6. The van der Waals surface area contributed by atoms with Crippen LogP contribution in [-0.2, 0) is 12.6 Å². The molecule has 11 nitrogen and oxygen atoms in total. The molecule has 0 bridgehead atoms. The van der Waals surface area contributed by atoms with Crippen molar-refractivity contribution >= 4 is 28.9 Å². The number of alkyl halides is 3. The summed E-state index contributed by atoms with van der Waals surface area (Å²) in [6.45, 7) is 0. The minimum atomic E-state index is -4.62. The largest absolute Gasteiger partial charge is 0.425 e. The molecule has 2 aromatic carbocycles. The van der Waals surface area contributed by atoms with Gasteiger partial charge in [0.2, 0.25) is 0 Å². The quantitative estimate of drug-likeness (QED) is 0.348. The van der Waals surface area contributed by atoms with Gasteiger partial charge in [-0.05, 0) is 48.5 Å². The summed E-state index contributed by atoms with van der Waals surface area (Å²) >= 11 is 0. The van der Waals surface area contributed by atoms with Gasteiger partial charge < -0.3 is 15.8 Å². The Bertz CT molecular complexity index is 1630. The molecule has 38 heavy (non-hydrogen) atoms. The van der Waals surface area contributed by atoms with E-state index in [4.69, 9.17) is 0 Å². The van der Waals surface area contributed by atoms with Crippen LogP contribution in [0.15, 0.2) is 78.3 Å². The van der Waals surface area contributed by atoms with Crippen LogP contribution in [0.1, 0.15) is 21.6 Å². The monoisotopic (exact) mass is 522 g/mol. The predicted molar refractivity (Wildman–Crippen MR) is 127 cm³/mol. The minimum absolute atomic E-state index is 0.00740. The average Bonchev–Trinajstić information content (AvgIpc) is 3.41. The molecule has 0 spiro atoms. The van der Waals surface area contributed by atoms with Crippen molar-refractivity contribution in [2.75, 3.05) is 10.6 Å². The summed E-state index contributed by atoms with van der Waals surface area (Å²) in [5, 5.41) is 22.5. The van der Waals surface area contributed by atoms with Crippen LogP contribution in [0.25, 0.3) is 5.69 Å². The Hall–Kier alpha value is -5.27. The molecule has 5 rings (SSSR count). The average molecular weight is 522 g/mol. The zero-order valence-corrected chi connectivity index (χ0v) is 19.2. The van der Waals surface area contributed by atoms with E-state index in [1.54, 1.807) is 6.08 Å². The van der Waals surface area contributed by atoms with Gasteiger partial charge in [-0.3, -0.25) is 4.79 Å². The Morgan fingerprint density at radius 2 is 1.89 bits per heavy atom. The van der Waals surface area contributed by atoms with Crippen molar-refractivity contribution in [3.05, 3.63) is 95.6 Å². The fraction of sp³-hybridized carbons (Fsp3) is 0.0833. The number of allylic oxidation sites excluding steroid dienone is 2. The van der Waals surface area contributed by atoms with E-state index in [0.717, 1.165) is 18.5 Å². The summed E-state index contributed by atoms with van der Waals surface area (Å²) in [7, 11) is 0. The number of hydrogen-bond acceptors (Lipinski definition) is 7. The van der Waals surface area contributed by atoms with Crippen LogP contribution in [0.4, 0.5) is 35.0 Å². The van der Waals surface area contributed by atoms with E-state index >= 15 is 0 Å². The Morgan fingerprint density at radius 3 is 2.61 bits per heavy atom. The molecule has 4 aromatic rings. The van der Waals surface area contributed by atoms with Crippen LogP contribution in [-0.4, -0.2) is 41.7 Å². The second kappa shape index (κ2) is 9.65. The number of aromatic nitrogens is 5. The van der Waals surface area contributed by atoms with E-state index in [-0.39, 0.29) is 28.2 Å². The number of anilines is 2. The molecule has 0 fully saturated rings. The zero-order valence-electron chi connectivity index (χ0n) is 19.2. The van der Waals surface area contributed by atoms with Gasteiger partial charge in [-0.1, -0.05) is 11.3 Å². The molecule has 0 unspecified atom stereocenters. The molecule has 0 atom stereocenters. The number of benzene rings is 2. The maximum absolute atomic E-state index is 13.2. The number of halogens is 3. The molecule has 0 saturated heterocycles. The first-order chi connectivity index (χ1) is 18.2. The molecule has 2 heterocycles. The lowest BCUT2D eigenvalue weighted by atomic mass is 10.0. The lowest BCUT2D eigenvalue weighted by Gasteiger charge is -2.15. The highest BCUT2D eigenvalue weighted by Gasteiger charge is 2.31. The summed E-state index contributed by atoms with van der Waals surface area (Å²) in [6, 6.07) is 8.10. The number of nitrogens with one attached hydrogen (secondary N) is 2. The highest BCUT2D eigenvalue weighted by molar-refractivity contribution is 6.06. The van der Waals surface area contributed by atoms with Crippen LogP contribution in [0, 0.1) is 0 Å². The zero-order chi connectivity index (χ0) is 26.9. The number of fused-ring (bicyclic) bond motifs is 1. The van der Waals surface area contributed by atoms with Gasteiger partial charge in [-0.2, -0.15) is 17.9 Å². The van der Waals surface area contributed by atoms with E-state index < -0.39 is 17.8 Å². The van der Waals surface area contributed by atoms with Crippen LogP contribution in [0.5, 0.6) is 0 Å². The molecule has 2 amide bonds. The first-order valence-corrected chi connectivity index (χ1v) is 11.0. The topological polar surface area (TPSA) is 139 Å². The maximum Gasteiger partial charge on any atom is 0.416 e. The van der Waals surface area contributed by atoms with Crippen LogP contribution in [0.2, 0.25) is 0 Å². The second-order valence-electron chi connectivity index (χ2n) is 8.02. The van der Waals surface area contributed by atoms with Gasteiger partial charge in [0.05, 0.1) is 46.3 Å². The Labute approximate surface area is 211 Å². The highest BCUT2D eigenvalue weighted by atomic mass is 19.4. The SMILES string of the molecule is O=C(Nc1ccc(N=c2c3c(ncn2O)CC=CC3=O)cc1)Nc1cc(C(F)(F)F)ccc1-n1ccnn1. The Kier molecular flexibility index (Phi) is 6.20. The molecular formula is C24H17F3N8O3. The van der Waals surface area contributed by atoms with Crippen LogP contribution < -0.4 is 16.1 Å². The van der Waals surface area contributed by atoms with Gasteiger partial charge in [0.25, 0.3) is 0 Å². The molecular weight excluding hydrogens is 505 g/mol. The van der Waals surface area contributed by atoms with E-state index in [9.17, 15) is 28.0 Å². The van der Waals surface area contributed by atoms with Gasteiger partial charge in [-0.15, -0.1) is 5.10 Å². The molecule has 1 aliphatic rings. The molecule has 2 aromatic heterocycles. The summed E-state index contributed by atoms with van der Waals surface area (Å²) in [5.74, 6) is -0.337. The van der Waals surface area contributed by atoms with Crippen molar-refractivity contribution < 1.29 is 28.0 Å². The van der Waals surface area contributed by atoms with Crippen molar-refractivity contribution in [1.82, 2.24) is 24.7 Å². The van der Waals surface area contributed by atoms with Gasteiger partial charge >= 0.3 is 12.2 Å². The number of urea groups is 1. The van der Waals surface area contributed by atoms with Gasteiger partial charge in [0.15, 0.2) is 11.3 Å². The minimum Gasteiger partial charge on any atom is -0.425 e. The van der Waals surface area contributed by atoms with E-state index in [1.807, 2.05) is 0 Å². The Morgan fingerprint density at radius 1 is 1.11 bits per heavy atom. The molecule has 3 N–H and O–H groups in total. The smallest absolute Gasteiger partial charge is 0.416 e. The first-order valence-electron chi connectivity index (χ1n) is 11.0. The number of amides is 2. The molecule has 0 radical (unpaired) electrons. The molecule has 14 heteroatoms. The van der Waals surface area contributed by atoms with Gasteiger partial charge in [-0.25, -0.2) is 19.5 Å². The lowest BCUT2D eigenvalue weighted by Crippen LogP contribution is -2.29. The standard InChI is InChI=1S/C24H17F3N8O3/c25-24(26,27)14-4-9-19(34-11-10-29-33-34)18(12-14)32-23(37)31-16-7-5-15(6-8-16)30-22-21-17(28-13-35(22)38)2-1-3-20(21)36/h1,3-13,38H,2H2,(H2,31,32,37). The van der Waals surface area contributed by atoms with Gasteiger partial charge in [0.1, 0.15) is 6.33 Å². The van der Waals surface area contributed by atoms with Crippen LogP contribution in [0.3, 0.4) is 0 Å². The third kappa shape index (κ3) is 5.00. The van der Waals surface area contributed by atoms with Crippen LogP contribution >= 0.6 is 0 Å². The maximum atomic E-state index is 13.2. The predicted octanol–water partition coefficient (Wildman–Crippen LogP) is 3.89. The van der Waals surface area contributed by atoms with Crippen molar-refractivity contribution in [3.8, 4) is 5.69 Å². The van der Waals surface area contributed by atoms with Crippen molar-refractivity contribution in [2.24, 2.45) is 4.99 Å². The fourth-order valence-corrected chi connectivity index (χ4v) is 3.74. The second-order valence-corrected chi connectivity index (χ2v) is 8.02. The lowest BCUT2D eigenvalue weighted by molar-refractivity contribution is -0.137. The van der Waals surface area contributed by atoms with E-state index in [2.05, 4.69) is 30.9 Å². The number of hydrogen-bond donors (Lipinski definition) is 3. The van der Waals surface area contributed by atoms with Crippen molar-refractivity contribution in [3.63, 3.8) is 0 Å². The van der Waals surface area contributed by atoms with Crippen molar-refractivity contribution in [2.45, 2.75) is 12.6 Å². The highest BCUT2D eigenvalue weighted by Crippen LogP contribution is 2.33. The number of rotatable bonds is 4. The summed E-state index contributed by atoms with van der Waals surface area (Å²) in [5.41, 5.74) is 0.443. The third-order valence-corrected chi connectivity index (χ3v) is 5.48. The van der Waals surface area contributed by atoms with Crippen molar-refractivity contribution in [1.29, 1.82) is 0 Å². The fourth-order valence-electron chi connectivity index (χ4n) is 3.74. The summed E-state index contributed by atoms with van der Waals surface area (Å²) in [6.07, 6.45) is 2.78. The molecule has 192 valence electrons. The van der Waals surface area contributed by atoms with E-state index in [0.29, 0.717) is 28.2 Å². The summed E-state index contributed by atoms with van der Waals surface area (Å²) in [4.78, 5) is 33.3. The molecule has 0 saturated carbocycles. The van der Waals surface area contributed by atoms with E-state index in [1.165, 1.54) is 53.5 Å². The molecule has 0 aliphatic heterocycles. The number of nitrogens with zero attached hydrogens (tertiary/aromatic N) is 6. The number of ketones is 1. The number of carbonyl (C=O) groups excluding carboxylic acids is 2. The third-order valence-electron chi connectivity index (χ3n) is 5.48. The normalized spacial score (nSPS) is 13.3. The Balaban J connectivity index is 1.37. The van der Waals surface area contributed by atoms with Gasteiger partial charge in [0, 0.05) is 12.1 Å². The number of carbonyl (C=O) groups is 2.